The third kappa shape index (κ3) is 2.53. The zero-order valence-corrected chi connectivity index (χ0v) is 11.1. The Morgan fingerprint density at radius 2 is 1.95 bits per heavy atom. The average Bonchev–Trinajstić information content (AvgIpc) is 2.60. The van der Waals surface area contributed by atoms with Gasteiger partial charge in [0.25, 0.3) is 0 Å². The number of alkyl halides is 2. The van der Waals surface area contributed by atoms with Gasteiger partial charge in [-0.2, -0.15) is 4.73 Å². The lowest BCUT2D eigenvalue weighted by molar-refractivity contribution is -0.576. The minimum absolute atomic E-state index is 0.0749. The topological polar surface area (TPSA) is 30.2 Å². The summed E-state index contributed by atoms with van der Waals surface area (Å²) in [6, 6.07) is 9.18. The number of halogens is 2. The van der Waals surface area contributed by atoms with Crippen molar-refractivity contribution in [3.8, 4) is 0 Å². The smallest absolute Gasteiger partial charge is 0.249 e. The molecule has 0 atom stereocenters. The van der Waals surface area contributed by atoms with E-state index < -0.39 is 5.92 Å². The number of nitrogens with zero attached hydrogens (tertiary/aromatic N) is 2. The van der Waals surface area contributed by atoms with Crippen LogP contribution in [0.3, 0.4) is 0 Å². The van der Waals surface area contributed by atoms with Gasteiger partial charge in [-0.05, 0) is 18.6 Å². The van der Waals surface area contributed by atoms with E-state index in [1.54, 1.807) is 6.07 Å². The highest BCUT2D eigenvalue weighted by atomic mass is 19.3. The van der Waals surface area contributed by atoms with Gasteiger partial charge >= 0.3 is 0 Å². The standard InChI is InChI=1S/C15H16F2N2O/c16-15(17)6-3-8-18(9-7-15)13-10-12-4-1-2-5-14(12)19(20)11-13/h1-2,4-5,10-11H,3,6-9H2. The SMILES string of the molecule is [O-][n+]1cc(N2CCCC(F)(F)CC2)cc2ccccc21. The molecule has 1 aliphatic heterocycles. The van der Waals surface area contributed by atoms with Gasteiger partial charge in [0, 0.05) is 37.4 Å². The van der Waals surface area contributed by atoms with E-state index in [1.807, 2.05) is 29.2 Å². The van der Waals surface area contributed by atoms with Gasteiger partial charge in [-0.15, -0.1) is 0 Å². The molecule has 1 fully saturated rings. The van der Waals surface area contributed by atoms with Crippen LogP contribution in [0.2, 0.25) is 0 Å². The molecule has 0 amide bonds. The number of benzene rings is 1. The van der Waals surface area contributed by atoms with E-state index in [2.05, 4.69) is 0 Å². The maximum Gasteiger partial charge on any atom is 0.249 e. The second kappa shape index (κ2) is 4.89. The Labute approximate surface area is 116 Å². The molecule has 0 saturated carbocycles. The highest BCUT2D eigenvalue weighted by Crippen LogP contribution is 2.30. The molecule has 1 aliphatic rings. The Hall–Kier alpha value is -1.91. The van der Waals surface area contributed by atoms with Gasteiger partial charge in [0.05, 0.1) is 0 Å². The molecule has 3 nitrogen and oxygen atoms in total. The number of rotatable bonds is 1. The van der Waals surface area contributed by atoms with E-state index in [4.69, 9.17) is 0 Å². The van der Waals surface area contributed by atoms with E-state index in [0.29, 0.717) is 18.5 Å². The molecule has 20 heavy (non-hydrogen) atoms. The summed E-state index contributed by atoms with van der Waals surface area (Å²) in [5.41, 5.74) is 1.31. The molecule has 0 spiro atoms. The number of anilines is 1. The molecule has 0 bridgehead atoms. The molecule has 1 aromatic carbocycles. The number of hydrogen-bond donors (Lipinski definition) is 0. The van der Waals surface area contributed by atoms with Gasteiger partial charge < -0.3 is 10.1 Å². The van der Waals surface area contributed by atoms with Crippen molar-refractivity contribution in [2.24, 2.45) is 0 Å². The van der Waals surface area contributed by atoms with E-state index in [1.165, 1.54) is 6.20 Å². The van der Waals surface area contributed by atoms with Crippen molar-refractivity contribution in [3.63, 3.8) is 0 Å². The van der Waals surface area contributed by atoms with Crippen LogP contribution in [0, 0.1) is 5.21 Å². The fourth-order valence-corrected chi connectivity index (χ4v) is 2.69. The molecule has 5 heteroatoms. The zero-order chi connectivity index (χ0) is 14.2. The van der Waals surface area contributed by atoms with Crippen LogP contribution in [0.15, 0.2) is 36.5 Å². The van der Waals surface area contributed by atoms with Crippen LogP contribution in [0.25, 0.3) is 10.9 Å². The van der Waals surface area contributed by atoms with Gasteiger partial charge in [-0.25, -0.2) is 8.78 Å². The average molecular weight is 278 g/mol. The van der Waals surface area contributed by atoms with E-state index >= 15 is 0 Å². The summed E-state index contributed by atoms with van der Waals surface area (Å²) in [5.74, 6) is -2.58. The predicted octanol–water partition coefficient (Wildman–Crippen LogP) is 3.10. The summed E-state index contributed by atoms with van der Waals surface area (Å²) >= 11 is 0. The van der Waals surface area contributed by atoms with Gasteiger partial charge in [0.1, 0.15) is 5.69 Å². The van der Waals surface area contributed by atoms with Gasteiger partial charge in [0.15, 0.2) is 0 Å². The molecule has 106 valence electrons. The van der Waals surface area contributed by atoms with E-state index in [0.717, 1.165) is 15.8 Å². The van der Waals surface area contributed by atoms with Crippen molar-refractivity contribution in [3.05, 3.63) is 41.7 Å². The Morgan fingerprint density at radius 3 is 2.80 bits per heavy atom. The normalized spacial score (nSPS) is 19.0. The van der Waals surface area contributed by atoms with Crippen LogP contribution in [0.1, 0.15) is 19.3 Å². The third-order valence-corrected chi connectivity index (χ3v) is 3.81. The van der Waals surface area contributed by atoms with E-state index in [-0.39, 0.29) is 19.4 Å². The fraction of sp³-hybridized carbons (Fsp3) is 0.400. The molecular formula is C15H16F2N2O. The molecule has 0 unspecified atom stereocenters. The first-order valence-electron chi connectivity index (χ1n) is 6.80. The Balaban J connectivity index is 1.94. The summed E-state index contributed by atoms with van der Waals surface area (Å²) < 4.78 is 27.6. The van der Waals surface area contributed by atoms with Crippen LogP contribution >= 0.6 is 0 Å². The van der Waals surface area contributed by atoms with Gasteiger partial charge in [-0.1, -0.05) is 12.1 Å². The summed E-state index contributed by atoms with van der Waals surface area (Å²) in [6.45, 7) is 0.846. The summed E-state index contributed by atoms with van der Waals surface area (Å²) in [7, 11) is 0. The maximum absolute atomic E-state index is 13.4. The van der Waals surface area contributed by atoms with Gasteiger partial charge in [0.2, 0.25) is 17.6 Å². The highest BCUT2D eigenvalue weighted by molar-refractivity contribution is 5.78. The van der Waals surface area contributed by atoms with Crippen molar-refractivity contribution in [1.82, 2.24) is 0 Å². The third-order valence-electron chi connectivity index (χ3n) is 3.81. The van der Waals surface area contributed by atoms with Crippen LogP contribution in [-0.4, -0.2) is 19.0 Å². The summed E-state index contributed by atoms with van der Waals surface area (Å²) in [6.07, 6.45) is 1.69. The summed E-state index contributed by atoms with van der Waals surface area (Å²) in [5, 5.41) is 12.8. The number of para-hydroxylation sites is 1. The lowest BCUT2D eigenvalue weighted by atomic mass is 10.1. The molecule has 2 aromatic rings. The molecule has 1 saturated heterocycles. The van der Waals surface area contributed by atoms with Gasteiger partial charge in [-0.3, -0.25) is 0 Å². The second-order valence-corrected chi connectivity index (χ2v) is 5.28. The maximum atomic E-state index is 13.4. The minimum atomic E-state index is -2.58. The van der Waals surface area contributed by atoms with Crippen LogP contribution in [-0.2, 0) is 0 Å². The molecular weight excluding hydrogens is 262 g/mol. The zero-order valence-electron chi connectivity index (χ0n) is 11.1. The van der Waals surface area contributed by atoms with Crippen molar-refractivity contribution in [2.45, 2.75) is 25.2 Å². The first-order valence-corrected chi connectivity index (χ1v) is 6.80. The quantitative estimate of drug-likeness (QED) is 0.592. The molecule has 1 aromatic heterocycles. The lowest BCUT2D eigenvalue weighted by Crippen LogP contribution is -2.31. The first-order chi connectivity index (χ1) is 9.55. The van der Waals surface area contributed by atoms with Crippen molar-refractivity contribution in [2.75, 3.05) is 18.0 Å². The van der Waals surface area contributed by atoms with Crippen molar-refractivity contribution >= 4 is 16.6 Å². The van der Waals surface area contributed by atoms with Crippen LogP contribution in [0.5, 0.6) is 0 Å². The van der Waals surface area contributed by atoms with Crippen LogP contribution < -0.4 is 9.63 Å². The monoisotopic (exact) mass is 278 g/mol. The number of hydrogen-bond acceptors (Lipinski definition) is 2. The lowest BCUT2D eigenvalue weighted by Gasteiger charge is -2.22. The largest absolute Gasteiger partial charge is 0.618 e. The Morgan fingerprint density at radius 1 is 1.15 bits per heavy atom. The number of fused-ring (bicyclic) bond motifs is 1. The summed E-state index contributed by atoms with van der Waals surface area (Å²) in [4.78, 5) is 1.88. The molecule has 2 heterocycles. The molecule has 0 radical (unpaired) electrons. The molecule has 0 N–H and O–H groups in total. The molecule has 3 rings (SSSR count). The highest BCUT2D eigenvalue weighted by Gasteiger charge is 2.32. The molecule has 0 aliphatic carbocycles. The Bertz CT molecular complexity index is 630. The van der Waals surface area contributed by atoms with E-state index in [9.17, 15) is 14.0 Å². The predicted molar refractivity (Wildman–Crippen MR) is 73.9 cm³/mol. The van der Waals surface area contributed by atoms with Crippen LogP contribution in [0.4, 0.5) is 14.5 Å². The number of pyridine rings is 1. The minimum Gasteiger partial charge on any atom is -0.618 e. The second-order valence-electron chi connectivity index (χ2n) is 5.28. The first kappa shape index (κ1) is 13.1. The fourth-order valence-electron chi connectivity index (χ4n) is 2.69. The Kier molecular flexibility index (Phi) is 3.20. The van der Waals surface area contributed by atoms with Crippen molar-refractivity contribution < 1.29 is 13.5 Å². The number of aromatic nitrogens is 1. The van der Waals surface area contributed by atoms with Crippen molar-refractivity contribution in [1.29, 1.82) is 0 Å².